The fourth-order valence-electron chi connectivity index (χ4n) is 2.69. The van der Waals surface area contributed by atoms with Crippen LogP contribution in [0.15, 0.2) is 75.9 Å². The van der Waals surface area contributed by atoms with Gasteiger partial charge in [-0.05, 0) is 36.4 Å². The Balaban J connectivity index is 1.92. The number of para-hydroxylation sites is 3. The van der Waals surface area contributed by atoms with Gasteiger partial charge in [0.05, 0.1) is 11.1 Å². The molecule has 0 saturated carbocycles. The largest absolute Gasteiger partial charge is 0.506 e. The first-order valence-electron chi connectivity index (χ1n) is 7.23. The average Bonchev–Trinajstić information content (AvgIpc) is 2.57. The predicted molar refractivity (Wildman–Crippen MR) is 91.4 cm³/mol. The van der Waals surface area contributed by atoms with E-state index in [4.69, 9.17) is 4.42 Å². The zero-order valence-corrected chi connectivity index (χ0v) is 12.1. The maximum absolute atomic E-state index is 12.1. The molecule has 0 fully saturated rings. The summed E-state index contributed by atoms with van der Waals surface area (Å²) in [4.78, 5) is 12.1. The zero-order valence-electron chi connectivity index (χ0n) is 12.1. The van der Waals surface area contributed by atoms with Gasteiger partial charge in [-0.1, -0.05) is 30.3 Å². The van der Waals surface area contributed by atoms with Gasteiger partial charge in [-0.15, -0.1) is 0 Å². The van der Waals surface area contributed by atoms with Crippen LogP contribution in [0.4, 0.5) is 11.4 Å². The summed E-state index contributed by atoms with van der Waals surface area (Å²) >= 11 is 0. The number of phenolic OH excluding ortho intramolecular Hbond substituents is 1. The molecule has 0 aliphatic rings. The van der Waals surface area contributed by atoms with Crippen molar-refractivity contribution in [2.24, 2.45) is 0 Å². The van der Waals surface area contributed by atoms with E-state index in [1.807, 2.05) is 30.3 Å². The second-order valence-electron chi connectivity index (χ2n) is 5.29. The molecule has 0 bridgehead atoms. The Morgan fingerprint density at radius 3 is 2.48 bits per heavy atom. The van der Waals surface area contributed by atoms with Crippen molar-refractivity contribution >= 4 is 33.1 Å². The maximum Gasteiger partial charge on any atom is 0.344 e. The van der Waals surface area contributed by atoms with Crippen LogP contribution in [0.1, 0.15) is 0 Å². The molecule has 3 aromatic carbocycles. The van der Waals surface area contributed by atoms with Crippen molar-refractivity contribution < 1.29 is 9.52 Å². The topological polar surface area (TPSA) is 62.5 Å². The van der Waals surface area contributed by atoms with E-state index in [1.54, 1.807) is 36.4 Å². The van der Waals surface area contributed by atoms with Crippen LogP contribution in [0.25, 0.3) is 21.7 Å². The fourth-order valence-corrected chi connectivity index (χ4v) is 2.69. The lowest BCUT2D eigenvalue weighted by Crippen LogP contribution is -2.00. The number of hydrogen-bond acceptors (Lipinski definition) is 4. The molecular formula is C19H13NO3. The minimum atomic E-state index is -0.354. The van der Waals surface area contributed by atoms with Crippen molar-refractivity contribution in [3.05, 3.63) is 77.2 Å². The predicted octanol–water partition coefficient (Wildman–Crippen LogP) is 4.40. The van der Waals surface area contributed by atoms with E-state index in [0.717, 1.165) is 16.5 Å². The second kappa shape index (κ2) is 5.18. The second-order valence-corrected chi connectivity index (χ2v) is 5.29. The van der Waals surface area contributed by atoms with E-state index in [0.29, 0.717) is 16.7 Å². The molecule has 4 aromatic rings. The molecule has 0 atom stereocenters. The van der Waals surface area contributed by atoms with Gasteiger partial charge in [0.2, 0.25) is 0 Å². The summed E-state index contributed by atoms with van der Waals surface area (Å²) in [5.74, 6) is 0.171. The third-order valence-corrected chi connectivity index (χ3v) is 3.80. The molecule has 23 heavy (non-hydrogen) atoms. The monoisotopic (exact) mass is 303 g/mol. The van der Waals surface area contributed by atoms with Crippen LogP contribution in [0.5, 0.6) is 5.75 Å². The summed E-state index contributed by atoms with van der Waals surface area (Å²) in [5, 5.41) is 15.3. The molecule has 4 heteroatoms. The van der Waals surface area contributed by atoms with Gasteiger partial charge in [0.1, 0.15) is 11.3 Å². The van der Waals surface area contributed by atoms with Crippen LogP contribution in [0.3, 0.4) is 0 Å². The zero-order chi connectivity index (χ0) is 15.8. The number of anilines is 2. The Hall–Kier alpha value is -3.27. The Morgan fingerprint density at radius 2 is 1.61 bits per heavy atom. The van der Waals surface area contributed by atoms with Gasteiger partial charge in [-0.25, -0.2) is 4.79 Å². The standard InChI is InChI=1S/C19H13NO3/c21-17-7-3-2-6-16(17)20-12-9-10-14-15(11-12)13-5-1-4-8-18(13)23-19(14)22/h1-11,20-21H. The van der Waals surface area contributed by atoms with Gasteiger partial charge in [0, 0.05) is 16.5 Å². The SMILES string of the molecule is O=c1oc2ccccc2c2cc(Nc3ccccc3O)ccc12. The Labute approximate surface area is 131 Å². The first-order valence-corrected chi connectivity index (χ1v) is 7.23. The minimum Gasteiger partial charge on any atom is -0.506 e. The molecule has 2 N–H and O–H groups in total. The molecule has 4 rings (SSSR count). The Kier molecular flexibility index (Phi) is 3.01. The number of nitrogens with one attached hydrogen (secondary N) is 1. The van der Waals surface area contributed by atoms with Crippen LogP contribution in [0, 0.1) is 0 Å². The summed E-state index contributed by atoms with van der Waals surface area (Å²) in [6, 6.07) is 19.9. The molecule has 1 aromatic heterocycles. The van der Waals surface area contributed by atoms with Crippen LogP contribution in [-0.2, 0) is 0 Å². The first kappa shape index (κ1) is 13.4. The number of phenols is 1. The smallest absolute Gasteiger partial charge is 0.344 e. The lowest BCUT2D eigenvalue weighted by Gasteiger charge is -2.10. The van der Waals surface area contributed by atoms with Crippen LogP contribution >= 0.6 is 0 Å². The van der Waals surface area contributed by atoms with E-state index < -0.39 is 0 Å². The van der Waals surface area contributed by atoms with Crippen LogP contribution < -0.4 is 10.9 Å². The van der Waals surface area contributed by atoms with E-state index in [2.05, 4.69) is 5.32 Å². The van der Waals surface area contributed by atoms with Gasteiger partial charge in [0.15, 0.2) is 0 Å². The van der Waals surface area contributed by atoms with Gasteiger partial charge >= 0.3 is 5.63 Å². The molecule has 0 saturated heterocycles. The molecule has 4 nitrogen and oxygen atoms in total. The highest BCUT2D eigenvalue weighted by molar-refractivity contribution is 6.05. The quantitative estimate of drug-likeness (QED) is 0.327. The summed E-state index contributed by atoms with van der Waals surface area (Å²) in [6.45, 7) is 0. The van der Waals surface area contributed by atoms with Crippen LogP contribution in [0.2, 0.25) is 0 Å². The molecule has 112 valence electrons. The molecule has 1 heterocycles. The van der Waals surface area contributed by atoms with Crippen molar-refractivity contribution in [3.8, 4) is 5.75 Å². The molecule has 0 aliphatic carbocycles. The number of rotatable bonds is 2. The lowest BCUT2D eigenvalue weighted by atomic mass is 10.1. The maximum atomic E-state index is 12.1. The van der Waals surface area contributed by atoms with Gasteiger partial charge in [-0.2, -0.15) is 0 Å². The van der Waals surface area contributed by atoms with E-state index in [-0.39, 0.29) is 11.4 Å². The van der Waals surface area contributed by atoms with Crippen molar-refractivity contribution in [2.45, 2.75) is 0 Å². The number of aromatic hydroxyl groups is 1. The number of hydrogen-bond donors (Lipinski definition) is 2. The third-order valence-electron chi connectivity index (χ3n) is 3.80. The molecular weight excluding hydrogens is 290 g/mol. The van der Waals surface area contributed by atoms with E-state index >= 15 is 0 Å². The van der Waals surface area contributed by atoms with Crippen LogP contribution in [-0.4, -0.2) is 5.11 Å². The Bertz CT molecular complexity index is 1080. The molecule has 0 amide bonds. The van der Waals surface area contributed by atoms with E-state index in [9.17, 15) is 9.90 Å². The van der Waals surface area contributed by atoms with Gasteiger partial charge in [-0.3, -0.25) is 0 Å². The Morgan fingerprint density at radius 1 is 0.826 bits per heavy atom. The highest BCUT2D eigenvalue weighted by Gasteiger charge is 2.08. The lowest BCUT2D eigenvalue weighted by molar-refractivity contribution is 0.478. The summed E-state index contributed by atoms with van der Waals surface area (Å²) in [5.41, 5.74) is 1.60. The summed E-state index contributed by atoms with van der Waals surface area (Å²) in [6.07, 6.45) is 0. The normalized spacial score (nSPS) is 11.0. The number of fused-ring (bicyclic) bond motifs is 3. The molecule has 0 aliphatic heterocycles. The molecule has 0 radical (unpaired) electrons. The van der Waals surface area contributed by atoms with Crippen molar-refractivity contribution in [2.75, 3.05) is 5.32 Å². The molecule has 0 unspecified atom stereocenters. The summed E-state index contributed by atoms with van der Waals surface area (Å²) in [7, 11) is 0. The average molecular weight is 303 g/mol. The number of benzene rings is 3. The first-order chi connectivity index (χ1) is 11.2. The van der Waals surface area contributed by atoms with Gasteiger partial charge in [0.25, 0.3) is 0 Å². The van der Waals surface area contributed by atoms with Crippen molar-refractivity contribution in [1.29, 1.82) is 0 Å². The van der Waals surface area contributed by atoms with Crippen molar-refractivity contribution in [3.63, 3.8) is 0 Å². The van der Waals surface area contributed by atoms with Crippen molar-refractivity contribution in [1.82, 2.24) is 0 Å². The molecule has 0 spiro atoms. The third kappa shape index (κ3) is 2.30. The van der Waals surface area contributed by atoms with E-state index in [1.165, 1.54) is 0 Å². The highest BCUT2D eigenvalue weighted by Crippen LogP contribution is 2.29. The van der Waals surface area contributed by atoms with Gasteiger partial charge < -0.3 is 14.8 Å². The fraction of sp³-hybridized carbons (Fsp3) is 0. The summed E-state index contributed by atoms with van der Waals surface area (Å²) < 4.78 is 5.34. The minimum absolute atomic E-state index is 0.171. The highest BCUT2D eigenvalue weighted by atomic mass is 16.4.